The van der Waals surface area contributed by atoms with E-state index in [1.54, 1.807) is 0 Å². The molecular weight excluding hydrogens is 263 g/mol. The minimum atomic E-state index is -4.34. The third-order valence-electron chi connectivity index (χ3n) is 3.13. The van der Waals surface area contributed by atoms with Gasteiger partial charge in [0.2, 0.25) is 0 Å². The van der Waals surface area contributed by atoms with Crippen LogP contribution in [0.4, 0.5) is 13.2 Å². The summed E-state index contributed by atoms with van der Waals surface area (Å²) >= 11 is 0. The van der Waals surface area contributed by atoms with Crippen molar-refractivity contribution in [1.82, 2.24) is 4.98 Å². The molecule has 0 spiro atoms. The number of aromatic nitrogens is 1. The fourth-order valence-corrected chi connectivity index (χ4v) is 2.00. The first-order valence-corrected chi connectivity index (χ1v) is 6.63. The monoisotopic (exact) mass is 279 g/mol. The number of unbranched alkanes of at least 4 members (excludes halogenated alkanes) is 1. The van der Waals surface area contributed by atoms with Gasteiger partial charge in [-0.15, -0.1) is 0 Å². The highest BCUT2D eigenvalue weighted by atomic mass is 19.4. The molecular formula is C16H16F3N. The third kappa shape index (κ3) is 3.59. The summed E-state index contributed by atoms with van der Waals surface area (Å²) in [5.74, 6) is 0. The summed E-state index contributed by atoms with van der Waals surface area (Å²) in [7, 11) is 0. The molecule has 0 amide bonds. The van der Waals surface area contributed by atoms with E-state index >= 15 is 0 Å². The van der Waals surface area contributed by atoms with Crippen molar-refractivity contribution < 1.29 is 13.2 Å². The number of hydrogen-bond acceptors (Lipinski definition) is 1. The number of rotatable bonds is 4. The Kier molecular flexibility index (Phi) is 4.42. The Bertz CT molecular complexity index is 559. The Morgan fingerprint density at radius 3 is 2.50 bits per heavy atom. The van der Waals surface area contributed by atoms with Crippen molar-refractivity contribution in [2.45, 2.75) is 32.4 Å². The van der Waals surface area contributed by atoms with Gasteiger partial charge in [-0.1, -0.05) is 31.5 Å². The Balaban J connectivity index is 2.23. The smallest absolute Gasteiger partial charge is 0.256 e. The number of pyridine rings is 1. The molecule has 0 saturated carbocycles. The number of nitrogens with zero attached hydrogens (tertiary/aromatic N) is 1. The van der Waals surface area contributed by atoms with Crippen LogP contribution in [0.5, 0.6) is 0 Å². The molecule has 1 heterocycles. The highest BCUT2D eigenvalue weighted by molar-refractivity contribution is 5.60. The van der Waals surface area contributed by atoms with Crippen molar-refractivity contribution in [3.63, 3.8) is 0 Å². The van der Waals surface area contributed by atoms with Crippen LogP contribution in [0.15, 0.2) is 42.6 Å². The van der Waals surface area contributed by atoms with Crippen molar-refractivity contribution in [2.24, 2.45) is 0 Å². The summed E-state index contributed by atoms with van der Waals surface area (Å²) in [6, 6.07) is 10.3. The summed E-state index contributed by atoms with van der Waals surface area (Å²) < 4.78 is 37.5. The maximum Gasteiger partial charge on any atom is 0.417 e. The normalized spacial score (nSPS) is 11.6. The summed E-state index contributed by atoms with van der Waals surface area (Å²) in [6.45, 7) is 2.13. The van der Waals surface area contributed by atoms with Crippen molar-refractivity contribution in [2.75, 3.05) is 0 Å². The van der Waals surface area contributed by atoms with Crippen LogP contribution in [-0.4, -0.2) is 4.98 Å². The van der Waals surface area contributed by atoms with Gasteiger partial charge in [-0.25, -0.2) is 0 Å². The lowest BCUT2D eigenvalue weighted by Crippen LogP contribution is -2.05. The van der Waals surface area contributed by atoms with Gasteiger partial charge in [0.25, 0.3) is 0 Å². The van der Waals surface area contributed by atoms with E-state index in [4.69, 9.17) is 0 Å². The molecule has 0 unspecified atom stereocenters. The molecule has 20 heavy (non-hydrogen) atoms. The number of aryl methyl sites for hydroxylation is 1. The first-order chi connectivity index (χ1) is 9.50. The Labute approximate surface area is 116 Å². The molecule has 0 aliphatic heterocycles. The minimum Gasteiger partial charge on any atom is -0.256 e. The maximum absolute atomic E-state index is 12.5. The molecule has 0 bridgehead atoms. The zero-order valence-electron chi connectivity index (χ0n) is 11.2. The number of hydrogen-bond donors (Lipinski definition) is 0. The Hall–Kier alpha value is -1.84. The predicted octanol–water partition coefficient (Wildman–Crippen LogP) is 5.11. The van der Waals surface area contributed by atoms with Gasteiger partial charge in [-0.2, -0.15) is 13.2 Å². The van der Waals surface area contributed by atoms with Crippen molar-refractivity contribution in [3.8, 4) is 11.3 Å². The molecule has 0 N–H and O–H groups in total. The van der Waals surface area contributed by atoms with Crippen LogP contribution in [0.3, 0.4) is 0 Å². The molecule has 1 aromatic carbocycles. The van der Waals surface area contributed by atoms with E-state index in [0.717, 1.165) is 37.1 Å². The molecule has 4 heteroatoms. The van der Waals surface area contributed by atoms with Crippen LogP contribution in [0, 0.1) is 0 Å². The van der Waals surface area contributed by atoms with Gasteiger partial charge in [0, 0.05) is 11.8 Å². The zero-order chi connectivity index (χ0) is 14.6. The van der Waals surface area contributed by atoms with E-state index in [1.165, 1.54) is 11.6 Å². The molecule has 0 saturated heterocycles. The van der Waals surface area contributed by atoms with Crippen LogP contribution >= 0.6 is 0 Å². The first kappa shape index (κ1) is 14.6. The Morgan fingerprint density at radius 1 is 1.10 bits per heavy atom. The lowest BCUT2D eigenvalue weighted by molar-refractivity contribution is -0.137. The van der Waals surface area contributed by atoms with Gasteiger partial charge in [0.15, 0.2) is 0 Å². The molecule has 2 rings (SSSR count). The van der Waals surface area contributed by atoms with E-state index in [0.29, 0.717) is 5.69 Å². The number of halogens is 3. The average Bonchev–Trinajstić information content (AvgIpc) is 2.45. The fraction of sp³-hybridized carbons (Fsp3) is 0.312. The molecule has 0 radical (unpaired) electrons. The SMILES string of the molecule is CCCCc1cccc(-c2ccc(C(F)(F)F)cn2)c1. The van der Waals surface area contributed by atoms with E-state index < -0.39 is 11.7 Å². The van der Waals surface area contributed by atoms with Crippen LogP contribution in [0.1, 0.15) is 30.9 Å². The number of alkyl halides is 3. The minimum absolute atomic E-state index is 0.566. The molecule has 0 aliphatic rings. The molecule has 1 aromatic heterocycles. The maximum atomic E-state index is 12.5. The lowest BCUT2D eigenvalue weighted by Gasteiger charge is -2.08. The standard InChI is InChI=1S/C16H16F3N/c1-2-3-5-12-6-4-7-13(10-12)15-9-8-14(11-20-15)16(17,18)19/h4,6-11H,2-3,5H2,1H3. The zero-order valence-corrected chi connectivity index (χ0v) is 11.2. The molecule has 0 fully saturated rings. The van der Waals surface area contributed by atoms with Gasteiger partial charge in [-0.05, 0) is 36.6 Å². The highest BCUT2D eigenvalue weighted by Gasteiger charge is 2.30. The first-order valence-electron chi connectivity index (χ1n) is 6.63. The summed E-state index contributed by atoms with van der Waals surface area (Å²) in [4.78, 5) is 3.92. The van der Waals surface area contributed by atoms with Gasteiger partial charge in [0.05, 0.1) is 11.3 Å². The van der Waals surface area contributed by atoms with Gasteiger partial charge < -0.3 is 0 Å². The largest absolute Gasteiger partial charge is 0.417 e. The number of benzene rings is 1. The average molecular weight is 279 g/mol. The van der Waals surface area contributed by atoms with E-state index in [-0.39, 0.29) is 0 Å². The summed E-state index contributed by atoms with van der Waals surface area (Å²) in [5.41, 5.74) is 1.89. The van der Waals surface area contributed by atoms with Gasteiger partial charge in [0.1, 0.15) is 0 Å². The van der Waals surface area contributed by atoms with Crippen LogP contribution in [0.25, 0.3) is 11.3 Å². The van der Waals surface area contributed by atoms with Crippen LogP contribution < -0.4 is 0 Å². The van der Waals surface area contributed by atoms with E-state index in [9.17, 15) is 13.2 Å². The molecule has 1 nitrogen and oxygen atoms in total. The molecule has 106 valence electrons. The lowest BCUT2D eigenvalue weighted by atomic mass is 10.0. The fourth-order valence-electron chi connectivity index (χ4n) is 2.00. The second-order valence-electron chi connectivity index (χ2n) is 4.73. The topological polar surface area (TPSA) is 12.9 Å². The molecule has 0 atom stereocenters. The molecule has 2 aromatic rings. The summed E-state index contributed by atoms with van der Waals surface area (Å²) in [6.07, 6.45) is -0.264. The van der Waals surface area contributed by atoms with E-state index in [1.807, 2.05) is 24.3 Å². The summed E-state index contributed by atoms with van der Waals surface area (Å²) in [5, 5.41) is 0. The highest BCUT2D eigenvalue weighted by Crippen LogP contribution is 2.29. The van der Waals surface area contributed by atoms with Crippen molar-refractivity contribution in [3.05, 3.63) is 53.7 Å². The molecule has 0 aliphatic carbocycles. The van der Waals surface area contributed by atoms with Crippen LogP contribution in [0.2, 0.25) is 0 Å². The van der Waals surface area contributed by atoms with E-state index in [2.05, 4.69) is 11.9 Å². The second kappa shape index (κ2) is 6.07. The van der Waals surface area contributed by atoms with Crippen molar-refractivity contribution in [1.29, 1.82) is 0 Å². The quantitative estimate of drug-likeness (QED) is 0.757. The third-order valence-corrected chi connectivity index (χ3v) is 3.13. The second-order valence-corrected chi connectivity index (χ2v) is 4.73. The van der Waals surface area contributed by atoms with Crippen LogP contribution in [-0.2, 0) is 12.6 Å². The van der Waals surface area contributed by atoms with Gasteiger partial charge in [-0.3, -0.25) is 4.98 Å². The van der Waals surface area contributed by atoms with Gasteiger partial charge >= 0.3 is 6.18 Å². The predicted molar refractivity (Wildman–Crippen MR) is 73.3 cm³/mol. The van der Waals surface area contributed by atoms with Crippen molar-refractivity contribution >= 4 is 0 Å². The Morgan fingerprint density at radius 2 is 1.90 bits per heavy atom.